The van der Waals surface area contributed by atoms with Gasteiger partial charge in [-0.2, -0.15) is 0 Å². The molecule has 94 valence electrons. The van der Waals surface area contributed by atoms with Gasteiger partial charge < -0.3 is 14.4 Å². The maximum Gasteiger partial charge on any atom is 0.365 e. The molecule has 0 saturated carbocycles. The van der Waals surface area contributed by atoms with Crippen molar-refractivity contribution in [2.45, 2.75) is 0 Å². The number of esters is 1. The Balaban J connectivity index is 2.26. The molecule has 1 aliphatic heterocycles. The third kappa shape index (κ3) is 2.51. The van der Waals surface area contributed by atoms with Crippen molar-refractivity contribution in [1.82, 2.24) is 4.90 Å². The Kier molecular flexibility index (Phi) is 3.32. The van der Waals surface area contributed by atoms with E-state index in [-0.39, 0.29) is 0 Å². The second-order valence-corrected chi connectivity index (χ2v) is 4.01. The molecule has 0 spiro atoms. The molecule has 0 radical (unpaired) electrons. The highest BCUT2D eigenvalue weighted by Gasteiger charge is 2.24. The number of methoxy groups -OCH3 is 1. The van der Waals surface area contributed by atoms with Crippen LogP contribution in [0.25, 0.3) is 0 Å². The number of cyclic esters (lactones) is 1. The first-order valence-electron chi connectivity index (χ1n) is 5.43. The summed E-state index contributed by atoms with van der Waals surface area (Å²) in [6.45, 7) is 0. The van der Waals surface area contributed by atoms with Crippen LogP contribution in [0.3, 0.4) is 0 Å². The van der Waals surface area contributed by atoms with E-state index in [9.17, 15) is 4.79 Å². The zero-order chi connectivity index (χ0) is 13.1. The quantitative estimate of drug-likeness (QED) is 0.597. The van der Waals surface area contributed by atoms with Gasteiger partial charge in [0.25, 0.3) is 0 Å². The van der Waals surface area contributed by atoms with Crippen LogP contribution in [0, 0.1) is 0 Å². The van der Waals surface area contributed by atoms with E-state index < -0.39 is 5.97 Å². The first-order chi connectivity index (χ1) is 8.60. The summed E-state index contributed by atoms with van der Waals surface area (Å²) in [5, 5.41) is 0. The van der Waals surface area contributed by atoms with E-state index in [1.165, 1.54) is 0 Å². The van der Waals surface area contributed by atoms with Crippen LogP contribution >= 0.6 is 0 Å². The number of carbonyl (C=O) groups is 1. The van der Waals surface area contributed by atoms with E-state index in [1.54, 1.807) is 42.5 Å². The number of carbonyl (C=O) groups excluding carboxylic acids is 1. The molecule has 18 heavy (non-hydrogen) atoms. The topological polar surface area (TPSA) is 51.1 Å². The Labute approximate surface area is 105 Å². The number of hydrogen-bond acceptors (Lipinski definition) is 5. The molecule has 5 nitrogen and oxygen atoms in total. The van der Waals surface area contributed by atoms with Crippen LogP contribution < -0.4 is 4.74 Å². The van der Waals surface area contributed by atoms with Crippen molar-refractivity contribution in [3.63, 3.8) is 0 Å². The van der Waals surface area contributed by atoms with Crippen LogP contribution in [0.4, 0.5) is 0 Å². The molecule has 1 aromatic rings. The van der Waals surface area contributed by atoms with Crippen LogP contribution in [-0.4, -0.2) is 38.0 Å². The average molecular weight is 246 g/mol. The second-order valence-electron chi connectivity index (χ2n) is 4.01. The van der Waals surface area contributed by atoms with Crippen molar-refractivity contribution < 1.29 is 14.3 Å². The fourth-order valence-electron chi connectivity index (χ4n) is 1.50. The molecule has 1 aromatic carbocycles. The molecule has 0 N–H and O–H groups in total. The summed E-state index contributed by atoms with van der Waals surface area (Å²) in [7, 11) is 5.24. The summed E-state index contributed by atoms with van der Waals surface area (Å²) in [5.41, 5.74) is 1.04. The lowest BCUT2D eigenvalue weighted by molar-refractivity contribution is -0.130. The van der Waals surface area contributed by atoms with E-state index >= 15 is 0 Å². The Morgan fingerprint density at radius 3 is 2.50 bits per heavy atom. The zero-order valence-electron chi connectivity index (χ0n) is 10.5. The smallest absolute Gasteiger partial charge is 0.365 e. The molecule has 1 heterocycles. The van der Waals surface area contributed by atoms with E-state index in [0.717, 1.165) is 11.3 Å². The summed E-state index contributed by atoms with van der Waals surface area (Å²) in [6, 6.07) is 7.17. The SMILES string of the molecule is COc1ccc(C2=N/C(=C/N(C)C)C(=O)O2)cc1. The predicted octanol–water partition coefficient (Wildman–Crippen LogP) is 1.40. The van der Waals surface area contributed by atoms with Gasteiger partial charge in [0.05, 0.1) is 7.11 Å². The summed E-state index contributed by atoms with van der Waals surface area (Å²) >= 11 is 0. The molecule has 1 aliphatic rings. The molecule has 0 unspecified atom stereocenters. The highest BCUT2D eigenvalue weighted by molar-refractivity contribution is 6.11. The highest BCUT2D eigenvalue weighted by Crippen LogP contribution is 2.18. The van der Waals surface area contributed by atoms with Gasteiger partial charge in [-0.3, -0.25) is 0 Å². The minimum atomic E-state index is -0.436. The summed E-state index contributed by atoms with van der Waals surface area (Å²) in [6.07, 6.45) is 1.62. The normalized spacial score (nSPS) is 16.5. The van der Waals surface area contributed by atoms with Gasteiger partial charge in [0, 0.05) is 25.9 Å². The molecule has 0 aliphatic carbocycles. The van der Waals surface area contributed by atoms with Crippen molar-refractivity contribution >= 4 is 11.9 Å². The summed E-state index contributed by atoms with van der Waals surface area (Å²) in [5.74, 6) is 0.623. The van der Waals surface area contributed by atoms with Gasteiger partial charge in [-0.15, -0.1) is 0 Å². The van der Waals surface area contributed by atoms with E-state index in [4.69, 9.17) is 9.47 Å². The number of aliphatic imine (C=N–C) groups is 1. The third-order valence-corrected chi connectivity index (χ3v) is 2.34. The summed E-state index contributed by atoms with van der Waals surface area (Å²) < 4.78 is 10.2. The van der Waals surface area contributed by atoms with Crippen LogP contribution in [0.2, 0.25) is 0 Å². The van der Waals surface area contributed by atoms with Gasteiger partial charge in [0.2, 0.25) is 5.90 Å². The highest BCUT2D eigenvalue weighted by atomic mass is 16.6. The molecule has 0 saturated heterocycles. The largest absolute Gasteiger partial charge is 0.497 e. The van der Waals surface area contributed by atoms with Crippen molar-refractivity contribution in [1.29, 1.82) is 0 Å². The van der Waals surface area contributed by atoms with Crippen molar-refractivity contribution in [2.24, 2.45) is 4.99 Å². The molecule has 0 bridgehead atoms. The van der Waals surface area contributed by atoms with Gasteiger partial charge in [-0.05, 0) is 24.3 Å². The molecular weight excluding hydrogens is 232 g/mol. The van der Waals surface area contributed by atoms with Crippen LogP contribution in [-0.2, 0) is 9.53 Å². The lowest BCUT2D eigenvalue weighted by Crippen LogP contribution is -2.07. The number of rotatable bonds is 3. The second kappa shape index (κ2) is 4.91. The summed E-state index contributed by atoms with van der Waals surface area (Å²) in [4.78, 5) is 17.5. The average Bonchev–Trinajstić information content (AvgIpc) is 2.70. The van der Waals surface area contributed by atoms with Crippen molar-refractivity contribution in [3.8, 4) is 5.75 Å². The molecular formula is C13H14N2O3. The van der Waals surface area contributed by atoms with Gasteiger partial charge in [-0.25, -0.2) is 9.79 Å². The maximum atomic E-state index is 11.6. The van der Waals surface area contributed by atoms with Crippen molar-refractivity contribution in [2.75, 3.05) is 21.2 Å². The van der Waals surface area contributed by atoms with Crippen LogP contribution in [0.1, 0.15) is 5.56 Å². The first-order valence-corrected chi connectivity index (χ1v) is 5.43. The predicted molar refractivity (Wildman–Crippen MR) is 67.4 cm³/mol. The third-order valence-electron chi connectivity index (χ3n) is 2.34. The molecule has 0 amide bonds. The Morgan fingerprint density at radius 2 is 1.94 bits per heavy atom. The minimum absolute atomic E-state index is 0.297. The standard InChI is InChI=1S/C13H14N2O3/c1-15(2)8-11-13(16)18-12(14-11)9-4-6-10(17-3)7-5-9/h4-8H,1-3H3/b11-8+. The Morgan fingerprint density at radius 1 is 1.28 bits per heavy atom. The van der Waals surface area contributed by atoms with E-state index in [1.807, 2.05) is 14.1 Å². The monoisotopic (exact) mass is 246 g/mol. The van der Waals surface area contributed by atoms with Crippen LogP contribution in [0.15, 0.2) is 41.2 Å². The Bertz CT molecular complexity index is 516. The Hall–Kier alpha value is -2.30. The molecule has 0 fully saturated rings. The molecule has 5 heteroatoms. The lowest BCUT2D eigenvalue weighted by atomic mass is 10.2. The van der Waals surface area contributed by atoms with Crippen molar-refractivity contribution in [3.05, 3.63) is 41.7 Å². The van der Waals surface area contributed by atoms with Gasteiger partial charge in [0.15, 0.2) is 5.70 Å². The lowest BCUT2D eigenvalue weighted by Gasteiger charge is -2.02. The molecule has 0 atom stereocenters. The number of benzene rings is 1. The van der Waals surface area contributed by atoms with Gasteiger partial charge >= 0.3 is 5.97 Å². The molecule has 0 aromatic heterocycles. The fraction of sp³-hybridized carbons (Fsp3) is 0.231. The molecule has 2 rings (SSSR count). The van der Waals surface area contributed by atoms with Gasteiger partial charge in [-0.1, -0.05) is 0 Å². The minimum Gasteiger partial charge on any atom is -0.497 e. The fourth-order valence-corrected chi connectivity index (χ4v) is 1.50. The maximum absolute atomic E-state index is 11.6. The number of nitrogens with zero attached hydrogens (tertiary/aromatic N) is 2. The van der Waals surface area contributed by atoms with Gasteiger partial charge in [0.1, 0.15) is 5.75 Å². The first kappa shape index (κ1) is 12.2. The van der Waals surface area contributed by atoms with E-state index in [0.29, 0.717) is 11.6 Å². The number of hydrogen-bond donors (Lipinski definition) is 0. The number of ether oxygens (including phenoxy) is 2. The van der Waals surface area contributed by atoms with E-state index in [2.05, 4.69) is 4.99 Å². The zero-order valence-corrected chi connectivity index (χ0v) is 10.5. The van der Waals surface area contributed by atoms with Crippen LogP contribution in [0.5, 0.6) is 5.75 Å².